The minimum atomic E-state index is -0.158. The number of benzene rings is 1. The standard InChI is InChI=1S/C16H21N3O2/c1-4-7-17-10-12-9-14(18-19-16(12)20)13-8-11(2)5-6-15(13)21-3/h5-6,8-9,17H,4,7,10H2,1-3H3,(H,19,20). The van der Waals surface area contributed by atoms with E-state index in [0.29, 0.717) is 17.8 Å². The van der Waals surface area contributed by atoms with Crippen LogP contribution in [0.4, 0.5) is 0 Å². The fraction of sp³-hybridized carbons (Fsp3) is 0.375. The van der Waals surface area contributed by atoms with E-state index < -0.39 is 0 Å². The summed E-state index contributed by atoms with van der Waals surface area (Å²) >= 11 is 0. The Labute approximate surface area is 124 Å². The van der Waals surface area contributed by atoms with Crippen LogP contribution in [0.1, 0.15) is 24.5 Å². The summed E-state index contributed by atoms with van der Waals surface area (Å²) in [7, 11) is 1.63. The van der Waals surface area contributed by atoms with Crippen LogP contribution >= 0.6 is 0 Å². The van der Waals surface area contributed by atoms with E-state index in [1.807, 2.05) is 31.2 Å². The number of aryl methyl sites for hydroxylation is 1. The van der Waals surface area contributed by atoms with Crippen LogP contribution in [0.3, 0.4) is 0 Å². The molecule has 5 heteroatoms. The molecule has 0 radical (unpaired) electrons. The van der Waals surface area contributed by atoms with Gasteiger partial charge < -0.3 is 10.1 Å². The van der Waals surface area contributed by atoms with Gasteiger partial charge in [-0.15, -0.1) is 0 Å². The number of rotatable bonds is 6. The van der Waals surface area contributed by atoms with Crippen LogP contribution < -0.4 is 15.6 Å². The molecule has 0 fully saturated rings. The molecule has 2 rings (SSSR count). The van der Waals surface area contributed by atoms with Crippen molar-refractivity contribution in [2.45, 2.75) is 26.8 Å². The summed E-state index contributed by atoms with van der Waals surface area (Å²) in [6, 6.07) is 7.71. The molecular weight excluding hydrogens is 266 g/mol. The van der Waals surface area contributed by atoms with E-state index in [4.69, 9.17) is 4.74 Å². The lowest BCUT2D eigenvalue weighted by Crippen LogP contribution is -2.22. The molecule has 0 unspecified atom stereocenters. The lowest BCUT2D eigenvalue weighted by atomic mass is 10.1. The molecule has 0 bridgehead atoms. The topological polar surface area (TPSA) is 67.0 Å². The van der Waals surface area contributed by atoms with E-state index in [0.717, 1.165) is 29.8 Å². The molecule has 0 aliphatic rings. The van der Waals surface area contributed by atoms with Gasteiger partial charge in [-0.05, 0) is 38.1 Å². The Balaban J connectivity index is 2.38. The molecule has 0 atom stereocenters. The second-order valence-corrected chi connectivity index (χ2v) is 4.99. The highest BCUT2D eigenvalue weighted by atomic mass is 16.5. The molecule has 0 spiro atoms. The summed E-state index contributed by atoms with van der Waals surface area (Å²) in [4.78, 5) is 11.8. The summed E-state index contributed by atoms with van der Waals surface area (Å²) in [5.41, 5.74) is 3.23. The molecule has 0 saturated heterocycles. The first kappa shape index (κ1) is 15.3. The lowest BCUT2D eigenvalue weighted by molar-refractivity contribution is 0.416. The van der Waals surface area contributed by atoms with Gasteiger partial charge in [0, 0.05) is 17.7 Å². The van der Waals surface area contributed by atoms with Gasteiger partial charge in [-0.1, -0.05) is 18.6 Å². The van der Waals surface area contributed by atoms with Gasteiger partial charge in [-0.25, -0.2) is 5.10 Å². The summed E-state index contributed by atoms with van der Waals surface area (Å²) in [5.74, 6) is 0.743. The molecule has 0 amide bonds. The number of nitrogens with zero attached hydrogens (tertiary/aromatic N) is 1. The summed E-state index contributed by atoms with van der Waals surface area (Å²) < 4.78 is 5.38. The van der Waals surface area contributed by atoms with Crippen LogP contribution in [0, 0.1) is 6.92 Å². The van der Waals surface area contributed by atoms with Crippen LogP contribution in [0.25, 0.3) is 11.3 Å². The molecule has 0 aliphatic carbocycles. The Morgan fingerprint density at radius 2 is 2.14 bits per heavy atom. The normalized spacial score (nSPS) is 10.6. The lowest BCUT2D eigenvalue weighted by Gasteiger charge is -2.10. The molecule has 1 aromatic carbocycles. The first-order valence-electron chi connectivity index (χ1n) is 7.10. The summed E-state index contributed by atoms with van der Waals surface area (Å²) in [5, 5.41) is 9.94. The average Bonchev–Trinajstić information content (AvgIpc) is 2.49. The fourth-order valence-corrected chi connectivity index (χ4v) is 2.14. The monoisotopic (exact) mass is 287 g/mol. The van der Waals surface area contributed by atoms with Gasteiger partial charge in [0.05, 0.1) is 12.8 Å². The van der Waals surface area contributed by atoms with Crippen molar-refractivity contribution in [3.8, 4) is 17.0 Å². The third-order valence-corrected chi connectivity index (χ3v) is 3.25. The van der Waals surface area contributed by atoms with E-state index in [1.54, 1.807) is 7.11 Å². The van der Waals surface area contributed by atoms with Gasteiger partial charge in [-0.3, -0.25) is 4.79 Å². The average molecular weight is 287 g/mol. The zero-order chi connectivity index (χ0) is 15.2. The third-order valence-electron chi connectivity index (χ3n) is 3.25. The largest absolute Gasteiger partial charge is 0.496 e. The first-order chi connectivity index (χ1) is 10.2. The van der Waals surface area contributed by atoms with Crippen molar-refractivity contribution < 1.29 is 4.74 Å². The highest BCUT2D eigenvalue weighted by Crippen LogP contribution is 2.29. The van der Waals surface area contributed by atoms with Crippen molar-refractivity contribution in [3.05, 3.63) is 45.7 Å². The minimum absolute atomic E-state index is 0.158. The Morgan fingerprint density at radius 3 is 2.86 bits per heavy atom. The summed E-state index contributed by atoms with van der Waals surface area (Å²) in [6.45, 7) is 5.52. The van der Waals surface area contributed by atoms with Crippen molar-refractivity contribution >= 4 is 0 Å². The van der Waals surface area contributed by atoms with Crippen LogP contribution in [0.2, 0.25) is 0 Å². The number of aromatic amines is 1. The minimum Gasteiger partial charge on any atom is -0.496 e. The van der Waals surface area contributed by atoms with Crippen molar-refractivity contribution in [2.75, 3.05) is 13.7 Å². The number of aromatic nitrogens is 2. The molecule has 0 aliphatic heterocycles. The van der Waals surface area contributed by atoms with Crippen LogP contribution in [0.15, 0.2) is 29.1 Å². The van der Waals surface area contributed by atoms with Gasteiger partial charge in [0.25, 0.3) is 5.56 Å². The van der Waals surface area contributed by atoms with E-state index in [9.17, 15) is 4.79 Å². The van der Waals surface area contributed by atoms with Crippen molar-refractivity contribution in [3.63, 3.8) is 0 Å². The molecule has 2 N–H and O–H groups in total. The smallest absolute Gasteiger partial charge is 0.268 e. The van der Waals surface area contributed by atoms with Crippen molar-refractivity contribution in [1.82, 2.24) is 15.5 Å². The maximum atomic E-state index is 11.8. The van der Waals surface area contributed by atoms with E-state index in [1.165, 1.54) is 0 Å². The predicted octanol–water partition coefficient (Wildman–Crippen LogP) is 2.25. The first-order valence-corrected chi connectivity index (χ1v) is 7.10. The molecule has 5 nitrogen and oxygen atoms in total. The van der Waals surface area contributed by atoms with Crippen LogP contribution in [-0.4, -0.2) is 23.9 Å². The van der Waals surface area contributed by atoms with E-state index in [2.05, 4.69) is 22.4 Å². The second kappa shape index (κ2) is 7.04. The zero-order valence-electron chi connectivity index (χ0n) is 12.7. The van der Waals surface area contributed by atoms with Gasteiger partial charge in [0.15, 0.2) is 0 Å². The number of nitrogens with one attached hydrogen (secondary N) is 2. The molecule has 112 valence electrons. The Bertz CT molecular complexity index is 665. The SMILES string of the molecule is CCCNCc1cc(-c2cc(C)ccc2OC)n[nH]c1=O. The molecule has 2 aromatic rings. The number of methoxy groups -OCH3 is 1. The van der Waals surface area contributed by atoms with Gasteiger partial charge in [-0.2, -0.15) is 5.10 Å². The maximum Gasteiger partial charge on any atom is 0.268 e. The molecular formula is C16H21N3O2. The highest BCUT2D eigenvalue weighted by Gasteiger charge is 2.10. The highest BCUT2D eigenvalue weighted by molar-refractivity contribution is 5.68. The molecule has 0 saturated carbocycles. The quantitative estimate of drug-likeness (QED) is 0.800. The molecule has 1 heterocycles. The Hall–Kier alpha value is -2.14. The van der Waals surface area contributed by atoms with Gasteiger partial charge >= 0.3 is 0 Å². The van der Waals surface area contributed by atoms with Crippen LogP contribution in [-0.2, 0) is 6.54 Å². The van der Waals surface area contributed by atoms with Crippen LogP contribution in [0.5, 0.6) is 5.75 Å². The molecule has 21 heavy (non-hydrogen) atoms. The Kier molecular flexibility index (Phi) is 5.11. The van der Waals surface area contributed by atoms with Crippen molar-refractivity contribution in [2.24, 2.45) is 0 Å². The van der Waals surface area contributed by atoms with Gasteiger partial charge in [0.2, 0.25) is 0 Å². The maximum absolute atomic E-state index is 11.8. The molecule has 1 aromatic heterocycles. The zero-order valence-corrected chi connectivity index (χ0v) is 12.7. The number of hydrogen-bond acceptors (Lipinski definition) is 4. The summed E-state index contributed by atoms with van der Waals surface area (Å²) in [6.07, 6.45) is 1.03. The van der Waals surface area contributed by atoms with E-state index >= 15 is 0 Å². The second-order valence-electron chi connectivity index (χ2n) is 4.99. The fourth-order valence-electron chi connectivity index (χ4n) is 2.14. The van der Waals surface area contributed by atoms with E-state index in [-0.39, 0.29) is 5.56 Å². The van der Waals surface area contributed by atoms with Gasteiger partial charge in [0.1, 0.15) is 5.75 Å². The number of ether oxygens (including phenoxy) is 1. The third kappa shape index (κ3) is 3.70. The van der Waals surface area contributed by atoms with Crippen molar-refractivity contribution in [1.29, 1.82) is 0 Å². The number of hydrogen-bond donors (Lipinski definition) is 2. The Morgan fingerprint density at radius 1 is 1.33 bits per heavy atom. The number of H-pyrrole nitrogens is 1. The predicted molar refractivity (Wildman–Crippen MR) is 83.6 cm³/mol.